The number of unbranched alkanes of at least 4 members (excludes halogenated alkanes) is 1. The molecule has 4 nitrogen and oxygen atoms in total. The fourth-order valence-corrected chi connectivity index (χ4v) is 2.66. The summed E-state index contributed by atoms with van der Waals surface area (Å²) in [4.78, 5) is 2.51. The molecule has 1 unspecified atom stereocenters. The average Bonchev–Trinajstić information content (AvgIpc) is 2.72. The maximum atomic E-state index is 9.64. The molecule has 1 aromatic heterocycles. The van der Waals surface area contributed by atoms with Crippen molar-refractivity contribution in [2.45, 2.75) is 58.7 Å². The summed E-state index contributed by atoms with van der Waals surface area (Å²) in [6, 6.07) is 2.06. The van der Waals surface area contributed by atoms with Gasteiger partial charge in [-0.05, 0) is 45.2 Å². The summed E-state index contributed by atoms with van der Waals surface area (Å²) < 4.78 is 2.07. The van der Waals surface area contributed by atoms with Gasteiger partial charge in [0.25, 0.3) is 0 Å². The van der Waals surface area contributed by atoms with Gasteiger partial charge in [0.1, 0.15) is 0 Å². The lowest BCUT2D eigenvalue weighted by atomic mass is 10.2. The van der Waals surface area contributed by atoms with Crippen molar-refractivity contribution in [2.75, 3.05) is 13.1 Å². The average molecular weight is 277 g/mol. The zero-order valence-corrected chi connectivity index (χ0v) is 12.8. The second kappa shape index (κ2) is 7.60. The monoisotopic (exact) mass is 277 g/mol. The van der Waals surface area contributed by atoms with Crippen LogP contribution in [0.15, 0.2) is 18.2 Å². The summed E-state index contributed by atoms with van der Waals surface area (Å²) in [5.74, 6) is 0. The van der Waals surface area contributed by atoms with Crippen LogP contribution in [0.4, 0.5) is 0 Å². The van der Waals surface area contributed by atoms with Crippen molar-refractivity contribution in [2.24, 2.45) is 0 Å². The Kier molecular flexibility index (Phi) is 5.80. The van der Waals surface area contributed by atoms with Crippen molar-refractivity contribution in [1.29, 1.82) is 0 Å². The largest absolute Gasteiger partial charge is 0.387 e. The molecule has 1 atom stereocenters. The van der Waals surface area contributed by atoms with E-state index in [4.69, 9.17) is 0 Å². The molecule has 0 aliphatic carbocycles. The normalized spacial score (nSPS) is 18.1. The van der Waals surface area contributed by atoms with Crippen LogP contribution in [0.5, 0.6) is 0 Å². The van der Waals surface area contributed by atoms with Crippen molar-refractivity contribution in [3.05, 3.63) is 29.6 Å². The fraction of sp³-hybridized carbons (Fsp3) is 0.688. The summed E-state index contributed by atoms with van der Waals surface area (Å²) in [6.07, 6.45) is 8.71. The molecule has 0 saturated carbocycles. The third kappa shape index (κ3) is 4.18. The lowest BCUT2D eigenvalue weighted by Crippen LogP contribution is -2.24. The van der Waals surface area contributed by atoms with Crippen LogP contribution in [-0.2, 0) is 13.1 Å². The van der Waals surface area contributed by atoms with E-state index in [2.05, 4.69) is 39.8 Å². The highest BCUT2D eigenvalue weighted by molar-refractivity contribution is 5.13. The summed E-state index contributed by atoms with van der Waals surface area (Å²) in [5, 5.41) is 14.1. The Morgan fingerprint density at radius 2 is 2.25 bits per heavy atom. The second-order valence-corrected chi connectivity index (χ2v) is 5.61. The molecule has 4 heteroatoms. The molecule has 112 valence electrons. The number of rotatable bonds is 6. The maximum absolute atomic E-state index is 9.64. The number of aliphatic hydroxyl groups excluding tert-OH is 1. The van der Waals surface area contributed by atoms with Crippen molar-refractivity contribution < 1.29 is 5.11 Å². The molecule has 20 heavy (non-hydrogen) atoms. The van der Waals surface area contributed by atoms with E-state index in [0.717, 1.165) is 44.7 Å². The standard InChI is InChI=1S/C16H27N3O/c1-3-4-5-6-7-9-18-10-8-11-19-15(13-18)12-16(17-19)14(2)20/h4-5,12,14,20H,3,6-11,13H2,1-2H3. The highest BCUT2D eigenvalue weighted by atomic mass is 16.3. The van der Waals surface area contributed by atoms with Gasteiger partial charge in [-0.15, -0.1) is 0 Å². The van der Waals surface area contributed by atoms with Gasteiger partial charge in [0.05, 0.1) is 17.5 Å². The third-order valence-electron chi connectivity index (χ3n) is 3.79. The van der Waals surface area contributed by atoms with Gasteiger partial charge in [-0.1, -0.05) is 19.1 Å². The van der Waals surface area contributed by atoms with Gasteiger partial charge in [-0.2, -0.15) is 5.10 Å². The molecular weight excluding hydrogens is 250 g/mol. The lowest BCUT2D eigenvalue weighted by Gasteiger charge is -2.18. The molecule has 0 spiro atoms. The summed E-state index contributed by atoms with van der Waals surface area (Å²) in [6.45, 7) is 8.16. The van der Waals surface area contributed by atoms with E-state index in [1.807, 2.05) is 0 Å². The first-order valence-electron chi connectivity index (χ1n) is 7.82. The Labute approximate surface area is 122 Å². The predicted molar refractivity (Wildman–Crippen MR) is 81.4 cm³/mol. The number of fused-ring (bicyclic) bond motifs is 1. The molecule has 0 radical (unpaired) electrons. The van der Waals surface area contributed by atoms with Crippen LogP contribution in [0.25, 0.3) is 0 Å². The van der Waals surface area contributed by atoms with E-state index in [1.165, 1.54) is 18.5 Å². The zero-order chi connectivity index (χ0) is 14.4. The molecule has 0 amide bonds. The molecule has 1 N–H and O–H groups in total. The van der Waals surface area contributed by atoms with Gasteiger partial charge in [-0.25, -0.2) is 0 Å². The van der Waals surface area contributed by atoms with Crippen LogP contribution in [0, 0.1) is 0 Å². The topological polar surface area (TPSA) is 41.3 Å². The second-order valence-electron chi connectivity index (χ2n) is 5.61. The Morgan fingerprint density at radius 3 is 3.00 bits per heavy atom. The minimum atomic E-state index is -0.470. The van der Waals surface area contributed by atoms with Crippen LogP contribution in [-0.4, -0.2) is 32.9 Å². The molecule has 1 aliphatic heterocycles. The summed E-state index contributed by atoms with van der Waals surface area (Å²) in [5.41, 5.74) is 2.04. The van der Waals surface area contributed by atoms with Gasteiger partial charge in [0.2, 0.25) is 0 Å². The van der Waals surface area contributed by atoms with Crippen molar-refractivity contribution in [3.63, 3.8) is 0 Å². The molecule has 0 bridgehead atoms. The molecule has 0 saturated heterocycles. The molecular formula is C16H27N3O. The molecule has 2 rings (SSSR count). The Morgan fingerprint density at radius 1 is 1.40 bits per heavy atom. The fourth-order valence-electron chi connectivity index (χ4n) is 2.66. The summed E-state index contributed by atoms with van der Waals surface area (Å²) >= 11 is 0. The van der Waals surface area contributed by atoms with E-state index < -0.39 is 6.10 Å². The van der Waals surface area contributed by atoms with Crippen molar-refractivity contribution >= 4 is 0 Å². The highest BCUT2D eigenvalue weighted by Gasteiger charge is 2.17. The SMILES string of the molecule is CCC=CCCCN1CCCn2nc(C(C)O)cc2C1. The van der Waals surface area contributed by atoms with Gasteiger partial charge >= 0.3 is 0 Å². The van der Waals surface area contributed by atoms with Crippen LogP contribution in [0.1, 0.15) is 57.0 Å². The Hall–Kier alpha value is -1.13. The number of aryl methyl sites for hydroxylation is 1. The molecule has 2 heterocycles. The van der Waals surface area contributed by atoms with E-state index in [-0.39, 0.29) is 0 Å². The first kappa shape index (κ1) is 15.3. The molecule has 0 aromatic carbocycles. The van der Waals surface area contributed by atoms with E-state index >= 15 is 0 Å². The Balaban J connectivity index is 1.88. The number of allylic oxidation sites excluding steroid dienone is 2. The molecule has 0 fully saturated rings. The number of hydrogen-bond acceptors (Lipinski definition) is 3. The first-order chi connectivity index (χ1) is 9.70. The maximum Gasteiger partial charge on any atom is 0.0950 e. The predicted octanol–water partition coefficient (Wildman–Crippen LogP) is 2.89. The third-order valence-corrected chi connectivity index (χ3v) is 3.79. The van der Waals surface area contributed by atoms with Crippen LogP contribution < -0.4 is 0 Å². The van der Waals surface area contributed by atoms with Gasteiger partial charge in [0, 0.05) is 19.6 Å². The van der Waals surface area contributed by atoms with E-state index in [9.17, 15) is 5.11 Å². The van der Waals surface area contributed by atoms with Crippen LogP contribution >= 0.6 is 0 Å². The van der Waals surface area contributed by atoms with E-state index in [0.29, 0.717) is 0 Å². The van der Waals surface area contributed by atoms with Crippen molar-refractivity contribution in [3.8, 4) is 0 Å². The van der Waals surface area contributed by atoms with Gasteiger partial charge < -0.3 is 5.11 Å². The molecule has 1 aliphatic rings. The minimum Gasteiger partial charge on any atom is -0.387 e. The van der Waals surface area contributed by atoms with Crippen LogP contribution in [0.2, 0.25) is 0 Å². The number of nitrogens with zero attached hydrogens (tertiary/aromatic N) is 3. The Bertz CT molecular complexity index is 437. The van der Waals surface area contributed by atoms with Gasteiger partial charge in [0.15, 0.2) is 0 Å². The quantitative estimate of drug-likeness (QED) is 0.642. The summed E-state index contributed by atoms with van der Waals surface area (Å²) in [7, 11) is 0. The van der Waals surface area contributed by atoms with E-state index in [1.54, 1.807) is 6.92 Å². The zero-order valence-electron chi connectivity index (χ0n) is 12.8. The minimum absolute atomic E-state index is 0.470. The highest BCUT2D eigenvalue weighted by Crippen LogP contribution is 2.18. The number of aromatic nitrogens is 2. The molecule has 1 aromatic rings. The van der Waals surface area contributed by atoms with Crippen molar-refractivity contribution in [1.82, 2.24) is 14.7 Å². The van der Waals surface area contributed by atoms with Crippen LogP contribution in [0.3, 0.4) is 0 Å². The first-order valence-corrected chi connectivity index (χ1v) is 7.82. The number of hydrogen-bond donors (Lipinski definition) is 1. The number of aliphatic hydroxyl groups is 1. The lowest BCUT2D eigenvalue weighted by molar-refractivity contribution is 0.193. The van der Waals surface area contributed by atoms with Gasteiger partial charge in [-0.3, -0.25) is 9.58 Å². The smallest absolute Gasteiger partial charge is 0.0950 e.